The van der Waals surface area contributed by atoms with Gasteiger partial charge in [-0.3, -0.25) is 4.31 Å². The summed E-state index contributed by atoms with van der Waals surface area (Å²) in [6, 6.07) is 14.0. The summed E-state index contributed by atoms with van der Waals surface area (Å²) in [5.74, 6) is 0. The molecule has 0 aliphatic heterocycles. The SMILES string of the molecule is CN(c1ccccc1)S(=O)(=O)c1cc(Br)ccc1Br. The highest BCUT2D eigenvalue weighted by atomic mass is 79.9. The van der Waals surface area contributed by atoms with Crippen molar-refractivity contribution in [3.63, 3.8) is 0 Å². The third kappa shape index (κ3) is 3.01. The summed E-state index contributed by atoms with van der Waals surface area (Å²) in [4.78, 5) is 0.230. The fourth-order valence-corrected chi connectivity index (χ4v) is 4.26. The molecule has 0 spiro atoms. The Hall–Kier alpha value is -0.850. The Morgan fingerprint density at radius 1 is 1.00 bits per heavy atom. The summed E-state index contributed by atoms with van der Waals surface area (Å²) in [5, 5.41) is 0. The number of hydrogen-bond donors (Lipinski definition) is 0. The second-order valence-electron chi connectivity index (χ2n) is 3.88. The lowest BCUT2D eigenvalue weighted by Gasteiger charge is -2.20. The van der Waals surface area contributed by atoms with Gasteiger partial charge in [0.2, 0.25) is 0 Å². The van der Waals surface area contributed by atoms with Gasteiger partial charge in [-0.1, -0.05) is 34.1 Å². The molecule has 0 saturated carbocycles. The van der Waals surface area contributed by atoms with Gasteiger partial charge in [0.15, 0.2) is 0 Å². The van der Waals surface area contributed by atoms with Gasteiger partial charge in [0.1, 0.15) is 4.90 Å². The van der Waals surface area contributed by atoms with Gasteiger partial charge >= 0.3 is 0 Å². The highest BCUT2D eigenvalue weighted by Crippen LogP contribution is 2.29. The normalized spacial score (nSPS) is 11.3. The van der Waals surface area contributed by atoms with Gasteiger partial charge in [-0.2, -0.15) is 0 Å². The first-order valence-corrected chi connectivity index (χ1v) is 8.44. The van der Waals surface area contributed by atoms with Crippen molar-refractivity contribution in [1.82, 2.24) is 0 Å². The Bertz CT molecular complexity index is 687. The maximum atomic E-state index is 12.6. The maximum absolute atomic E-state index is 12.6. The molecule has 0 heterocycles. The van der Waals surface area contributed by atoms with Crippen molar-refractivity contribution in [2.75, 3.05) is 11.4 Å². The molecule has 100 valence electrons. The van der Waals surface area contributed by atoms with Crippen molar-refractivity contribution in [3.8, 4) is 0 Å². The van der Waals surface area contributed by atoms with E-state index in [1.54, 1.807) is 42.5 Å². The van der Waals surface area contributed by atoms with Crippen LogP contribution in [0, 0.1) is 0 Å². The Morgan fingerprint density at radius 3 is 2.26 bits per heavy atom. The molecule has 3 nitrogen and oxygen atoms in total. The van der Waals surface area contributed by atoms with Gasteiger partial charge < -0.3 is 0 Å². The van der Waals surface area contributed by atoms with Crippen LogP contribution in [0.1, 0.15) is 0 Å². The van der Waals surface area contributed by atoms with Crippen LogP contribution in [0.2, 0.25) is 0 Å². The number of anilines is 1. The minimum absolute atomic E-state index is 0.230. The van der Waals surface area contributed by atoms with E-state index >= 15 is 0 Å². The van der Waals surface area contributed by atoms with E-state index in [4.69, 9.17) is 0 Å². The molecule has 2 aromatic carbocycles. The summed E-state index contributed by atoms with van der Waals surface area (Å²) >= 11 is 6.57. The van der Waals surface area contributed by atoms with Crippen LogP contribution < -0.4 is 4.31 Å². The van der Waals surface area contributed by atoms with E-state index in [-0.39, 0.29) is 4.90 Å². The van der Waals surface area contributed by atoms with Gasteiger partial charge in [-0.15, -0.1) is 0 Å². The van der Waals surface area contributed by atoms with Crippen molar-refractivity contribution >= 4 is 47.6 Å². The lowest BCUT2D eigenvalue weighted by molar-refractivity contribution is 0.594. The molecule has 0 bridgehead atoms. The van der Waals surface area contributed by atoms with Gasteiger partial charge in [0, 0.05) is 16.0 Å². The predicted molar refractivity (Wildman–Crippen MR) is 83.9 cm³/mol. The zero-order valence-electron chi connectivity index (χ0n) is 10.0. The van der Waals surface area contributed by atoms with E-state index < -0.39 is 10.0 Å². The standard InChI is InChI=1S/C13H11Br2NO2S/c1-16(11-5-3-2-4-6-11)19(17,18)13-9-10(14)7-8-12(13)15/h2-9H,1H3. The van der Waals surface area contributed by atoms with E-state index in [2.05, 4.69) is 31.9 Å². The zero-order chi connectivity index (χ0) is 14.0. The molecule has 0 saturated heterocycles. The van der Waals surface area contributed by atoms with Crippen LogP contribution in [0.4, 0.5) is 5.69 Å². The molecule has 0 aliphatic rings. The molecular weight excluding hydrogens is 394 g/mol. The van der Waals surface area contributed by atoms with Crippen molar-refractivity contribution in [2.24, 2.45) is 0 Å². The van der Waals surface area contributed by atoms with Gasteiger partial charge in [-0.25, -0.2) is 8.42 Å². The fraction of sp³-hybridized carbons (Fsp3) is 0.0769. The van der Waals surface area contributed by atoms with Crippen LogP contribution in [0.25, 0.3) is 0 Å². The molecule has 19 heavy (non-hydrogen) atoms. The molecule has 2 rings (SSSR count). The van der Waals surface area contributed by atoms with Crippen molar-refractivity contribution in [2.45, 2.75) is 4.90 Å². The van der Waals surface area contributed by atoms with Crippen LogP contribution in [-0.2, 0) is 10.0 Å². The Labute approximate surface area is 129 Å². The molecule has 2 aromatic rings. The van der Waals surface area contributed by atoms with Crippen molar-refractivity contribution < 1.29 is 8.42 Å². The summed E-state index contributed by atoms with van der Waals surface area (Å²) in [7, 11) is -2.05. The van der Waals surface area contributed by atoms with Crippen molar-refractivity contribution in [3.05, 3.63) is 57.5 Å². The Balaban J connectivity index is 2.51. The van der Waals surface area contributed by atoms with Crippen LogP contribution in [-0.4, -0.2) is 15.5 Å². The summed E-state index contributed by atoms with van der Waals surface area (Å²) < 4.78 is 27.7. The number of benzene rings is 2. The average Bonchev–Trinajstić information content (AvgIpc) is 2.41. The van der Waals surface area contributed by atoms with E-state index in [1.165, 1.54) is 11.4 Å². The molecule has 0 fully saturated rings. The lowest BCUT2D eigenvalue weighted by atomic mass is 10.3. The third-order valence-corrected chi connectivity index (χ3v) is 5.92. The largest absolute Gasteiger partial charge is 0.269 e. The van der Waals surface area contributed by atoms with Crippen molar-refractivity contribution in [1.29, 1.82) is 0 Å². The average molecular weight is 405 g/mol. The molecule has 6 heteroatoms. The second-order valence-corrected chi connectivity index (χ2v) is 7.59. The fourth-order valence-electron chi connectivity index (χ4n) is 1.60. The first-order chi connectivity index (χ1) is 8.93. The summed E-state index contributed by atoms with van der Waals surface area (Å²) in [6.45, 7) is 0. The number of para-hydroxylation sites is 1. The van der Waals surface area contributed by atoms with Crippen LogP contribution in [0.5, 0.6) is 0 Å². The van der Waals surface area contributed by atoms with E-state index in [1.807, 2.05) is 6.07 Å². The molecule has 0 amide bonds. The molecule has 0 unspecified atom stereocenters. The van der Waals surface area contributed by atoms with E-state index in [9.17, 15) is 8.42 Å². The van der Waals surface area contributed by atoms with Crippen LogP contribution >= 0.6 is 31.9 Å². The van der Waals surface area contributed by atoms with Gasteiger partial charge in [0.05, 0.1) is 5.69 Å². The minimum Gasteiger partial charge on any atom is -0.269 e. The monoisotopic (exact) mass is 403 g/mol. The first-order valence-electron chi connectivity index (χ1n) is 5.42. The first kappa shape index (κ1) is 14.6. The number of nitrogens with zero attached hydrogens (tertiary/aromatic N) is 1. The molecule has 0 radical (unpaired) electrons. The smallest absolute Gasteiger partial charge is 0.265 e. The van der Waals surface area contributed by atoms with E-state index in [0.717, 1.165) is 4.47 Å². The number of rotatable bonds is 3. The van der Waals surface area contributed by atoms with Crippen LogP contribution in [0.3, 0.4) is 0 Å². The molecular formula is C13H11Br2NO2S. The Kier molecular flexibility index (Phi) is 4.32. The quantitative estimate of drug-likeness (QED) is 0.774. The lowest BCUT2D eigenvalue weighted by Crippen LogP contribution is -2.26. The zero-order valence-corrected chi connectivity index (χ0v) is 14.0. The van der Waals surface area contributed by atoms with Gasteiger partial charge in [-0.05, 0) is 46.3 Å². The number of hydrogen-bond acceptors (Lipinski definition) is 2. The Morgan fingerprint density at radius 2 is 1.63 bits per heavy atom. The summed E-state index contributed by atoms with van der Waals surface area (Å²) in [6.07, 6.45) is 0. The van der Waals surface area contributed by atoms with Gasteiger partial charge in [0.25, 0.3) is 10.0 Å². The summed E-state index contributed by atoms with van der Waals surface area (Å²) in [5.41, 5.74) is 0.620. The molecule has 0 atom stereocenters. The maximum Gasteiger partial charge on any atom is 0.265 e. The minimum atomic E-state index is -3.59. The van der Waals surface area contributed by atoms with E-state index in [0.29, 0.717) is 10.2 Å². The molecule has 0 N–H and O–H groups in total. The number of halogens is 2. The second kappa shape index (κ2) is 5.64. The topological polar surface area (TPSA) is 37.4 Å². The molecule has 0 aromatic heterocycles. The highest BCUT2D eigenvalue weighted by molar-refractivity contribution is 9.11. The highest BCUT2D eigenvalue weighted by Gasteiger charge is 2.23. The molecule has 0 aliphatic carbocycles. The third-order valence-electron chi connectivity index (χ3n) is 2.65. The predicted octanol–water partition coefficient (Wildman–Crippen LogP) is 4.04. The number of sulfonamides is 1. The van der Waals surface area contributed by atoms with Crippen LogP contribution in [0.15, 0.2) is 62.4 Å².